The number of rotatable bonds is 3. The third kappa shape index (κ3) is 4.32. The topological polar surface area (TPSA) is 76.2 Å². The van der Waals surface area contributed by atoms with E-state index < -0.39 is 11.1 Å². The molecular weight excluding hydrogens is 324 g/mol. The van der Waals surface area contributed by atoms with Gasteiger partial charge in [-0.1, -0.05) is 0 Å². The predicted molar refractivity (Wildman–Crippen MR) is 91.7 cm³/mol. The van der Waals surface area contributed by atoms with Crippen molar-refractivity contribution in [3.63, 3.8) is 0 Å². The summed E-state index contributed by atoms with van der Waals surface area (Å²) in [4.78, 5) is 40.6. The van der Waals surface area contributed by atoms with Crippen LogP contribution < -0.4 is 0 Å². The number of piperazine rings is 1. The van der Waals surface area contributed by atoms with Crippen LogP contribution in [-0.2, 0) is 23.9 Å². The summed E-state index contributed by atoms with van der Waals surface area (Å²) in [7, 11) is 1.36. The number of carbonyl (C=O) groups is 3. The van der Waals surface area contributed by atoms with Gasteiger partial charge in [0, 0.05) is 19.1 Å². The first-order valence-corrected chi connectivity index (χ1v) is 8.81. The van der Waals surface area contributed by atoms with E-state index in [1.807, 2.05) is 25.7 Å². The Labute approximate surface area is 149 Å². The summed E-state index contributed by atoms with van der Waals surface area (Å²) in [5.41, 5.74) is -1.38. The van der Waals surface area contributed by atoms with E-state index in [1.165, 1.54) is 7.11 Å². The van der Waals surface area contributed by atoms with Crippen molar-refractivity contribution in [2.75, 3.05) is 26.7 Å². The maximum atomic E-state index is 12.6. The van der Waals surface area contributed by atoms with E-state index in [-0.39, 0.29) is 36.4 Å². The summed E-state index contributed by atoms with van der Waals surface area (Å²) in [6.07, 6.45) is 1.42. The number of nitrogens with zero attached hydrogens (tertiary/aromatic N) is 2. The molecule has 0 radical (unpaired) electrons. The number of amides is 1. The van der Waals surface area contributed by atoms with Gasteiger partial charge in [-0.25, -0.2) is 0 Å². The van der Waals surface area contributed by atoms with Crippen LogP contribution in [0.3, 0.4) is 0 Å². The Kier molecular flexibility index (Phi) is 5.47. The monoisotopic (exact) mass is 354 g/mol. The van der Waals surface area contributed by atoms with Gasteiger partial charge >= 0.3 is 11.9 Å². The zero-order chi connectivity index (χ0) is 19.0. The number of hydrogen-bond acceptors (Lipinski definition) is 6. The first kappa shape index (κ1) is 19.7. The molecule has 142 valence electrons. The Bertz CT molecular complexity index is 552. The number of methoxy groups -OCH3 is 1. The minimum Gasteiger partial charge on any atom is -0.468 e. The van der Waals surface area contributed by atoms with Crippen LogP contribution in [0.1, 0.15) is 47.5 Å². The number of ether oxygens (including phenoxy) is 2. The zero-order valence-corrected chi connectivity index (χ0v) is 16.1. The molecule has 0 aliphatic carbocycles. The van der Waals surface area contributed by atoms with Crippen molar-refractivity contribution in [2.45, 2.75) is 64.6 Å². The fourth-order valence-corrected chi connectivity index (χ4v) is 3.48. The summed E-state index contributed by atoms with van der Waals surface area (Å²) in [6, 6.07) is 0.0175. The van der Waals surface area contributed by atoms with E-state index >= 15 is 0 Å². The molecule has 0 aromatic carbocycles. The minimum absolute atomic E-state index is 0.0175. The van der Waals surface area contributed by atoms with Crippen LogP contribution in [0.5, 0.6) is 0 Å². The van der Waals surface area contributed by atoms with E-state index in [9.17, 15) is 14.4 Å². The average molecular weight is 354 g/mol. The van der Waals surface area contributed by atoms with Crippen LogP contribution in [0.15, 0.2) is 0 Å². The highest BCUT2D eigenvalue weighted by atomic mass is 16.6. The largest absolute Gasteiger partial charge is 0.468 e. The van der Waals surface area contributed by atoms with E-state index in [4.69, 9.17) is 9.47 Å². The van der Waals surface area contributed by atoms with Crippen LogP contribution >= 0.6 is 0 Å². The summed E-state index contributed by atoms with van der Waals surface area (Å²) < 4.78 is 10.3. The highest BCUT2D eigenvalue weighted by molar-refractivity contribution is 5.84. The van der Waals surface area contributed by atoms with Gasteiger partial charge in [-0.05, 0) is 47.5 Å². The number of hydrogen-bond donors (Lipinski definition) is 0. The molecule has 25 heavy (non-hydrogen) atoms. The van der Waals surface area contributed by atoms with E-state index in [2.05, 4.69) is 0 Å². The normalized spacial score (nSPS) is 25.4. The Hall–Kier alpha value is -1.63. The van der Waals surface area contributed by atoms with Crippen molar-refractivity contribution in [3.05, 3.63) is 0 Å². The lowest BCUT2D eigenvalue weighted by Crippen LogP contribution is -2.65. The van der Waals surface area contributed by atoms with Crippen molar-refractivity contribution in [1.82, 2.24) is 9.80 Å². The molecule has 2 unspecified atom stereocenters. The zero-order valence-electron chi connectivity index (χ0n) is 16.1. The molecule has 0 aromatic rings. The van der Waals surface area contributed by atoms with Crippen LogP contribution in [0.25, 0.3) is 0 Å². The second kappa shape index (κ2) is 6.94. The van der Waals surface area contributed by atoms with Gasteiger partial charge in [0.2, 0.25) is 5.91 Å². The Morgan fingerprint density at radius 3 is 2.28 bits per heavy atom. The lowest BCUT2D eigenvalue weighted by Gasteiger charge is -2.49. The SMILES string of the molecule is COC(=O)C(C)(C)N1CC(=O)N2CC(C(=O)OC(C)(C)C)CCC2C1. The molecule has 0 saturated carbocycles. The molecule has 2 saturated heterocycles. The van der Waals surface area contributed by atoms with E-state index in [1.54, 1.807) is 18.7 Å². The number of carbonyl (C=O) groups excluding carboxylic acids is 3. The molecule has 7 heteroatoms. The number of fused-ring (bicyclic) bond motifs is 1. The van der Waals surface area contributed by atoms with Gasteiger partial charge in [0.1, 0.15) is 11.1 Å². The molecule has 2 heterocycles. The van der Waals surface area contributed by atoms with Crippen LogP contribution in [0.4, 0.5) is 0 Å². The van der Waals surface area contributed by atoms with Crippen molar-refractivity contribution in [3.8, 4) is 0 Å². The fraction of sp³-hybridized carbons (Fsp3) is 0.833. The molecule has 0 aromatic heterocycles. The van der Waals surface area contributed by atoms with Crippen molar-refractivity contribution in [2.24, 2.45) is 5.92 Å². The molecule has 2 aliphatic rings. The Morgan fingerprint density at radius 2 is 1.72 bits per heavy atom. The molecule has 1 amide bonds. The second-order valence-corrected chi connectivity index (χ2v) is 8.44. The molecule has 0 spiro atoms. The summed E-state index contributed by atoms with van der Waals surface area (Å²) in [5, 5.41) is 0. The van der Waals surface area contributed by atoms with Gasteiger partial charge in [0.15, 0.2) is 0 Å². The molecule has 7 nitrogen and oxygen atoms in total. The third-order valence-corrected chi connectivity index (χ3v) is 5.00. The maximum absolute atomic E-state index is 12.6. The van der Waals surface area contributed by atoms with Crippen molar-refractivity contribution >= 4 is 17.8 Å². The van der Waals surface area contributed by atoms with Crippen molar-refractivity contribution < 1.29 is 23.9 Å². The molecule has 2 atom stereocenters. The summed E-state index contributed by atoms with van der Waals surface area (Å²) >= 11 is 0. The molecular formula is C18H30N2O5. The molecule has 0 N–H and O–H groups in total. The van der Waals surface area contributed by atoms with Gasteiger partial charge < -0.3 is 14.4 Å². The van der Waals surface area contributed by atoms with Crippen LogP contribution in [0, 0.1) is 5.92 Å². The maximum Gasteiger partial charge on any atom is 0.325 e. The number of piperidine rings is 1. The van der Waals surface area contributed by atoms with Gasteiger partial charge in [0.05, 0.1) is 19.6 Å². The number of esters is 2. The first-order chi connectivity index (χ1) is 11.5. The standard InChI is InChI=1S/C18H30N2O5/c1-17(2,3)25-15(22)12-7-8-13-10-19(11-14(21)20(13)9-12)18(4,5)16(23)24-6/h12-13H,7-11H2,1-6H3. The fourth-order valence-electron chi connectivity index (χ4n) is 3.48. The van der Waals surface area contributed by atoms with Gasteiger partial charge in [-0.2, -0.15) is 0 Å². The lowest BCUT2D eigenvalue weighted by molar-refractivity contribution is -0.167. The molecule has 2 fully saturated rings. The first-order valence-electron chi connectivity index (χ1n) is 8.81. The van der Waals surface area contributed by atoms with Crippen LogP contribution in [0.2, 0.25) is 0 Å². The smallest absolute Gasteiger partial charge is 0.325 e. The van der Waals surface area contributed by atoms with Gasteiger partial charge in [-0.15, -0.1) is 0 Å². The van der Waals surface area contributed by atoms with Crippen LogP contribution in [-0.4, -0.2) is 71.6 Å². The predicted octanol–water partition coefficient (Wildman–Crippen LogP) is 1.20. The van der Waals surface area contributed by atoms with Crippen molar-refractivity contribution in [1.29, 1.82) is 0 Å². The molecule has 0 bridgehead atoms. The molecule has 2 aliphatic heterocycles. The lowest BCUT2D eigenvalue weighted by atomic mass is 9.89. The van der Waals surface area contributed by atoms with E-state index in [0.29, 0.717) is 19.5 Å². The highest BCUT2D eigenvalue weighted by Crippen LogP contribution is 2.30. The Morgan fingerprint density at radius 1 is 1.08 bits per heavy atom. The van der Waals surface area contributed by atoms with Gasteiger partial charge in [-0.3, -0.25) is 19.3 Å². The third-order valence-electron chi connectivity index (χ3n) is 5.00. The summed E-state index contributed by atoms with van der Waals surface area (Å²) in [5.74, 6) is -0.923. The quantitative estimate of drug-likeness (QED) is 0.709. The molecule has 2 rings (SSSR count). The van der Waals surface area contributed by atoms with E-state index in [0.717, 1.165) is 6.42 Å². The highest BCUT2D eigenvalue weighted by Gasteiger charge is 2.46. The summed E-state index contributed by atoms with van der Waals surface area (Å²) in [6.45, 7) is 10.2. The average Bonchev–Trinajstić information content (AvgIpc) is 2.51. The second-order valence-electron chi connectivity index (χ2n) is 8.44. The Balaban J connectivity index is 2.04. The van der Waals surface area contributed by atoms with Gasteiger partial charge in [0.25, 0.3) is 0 Å². The minimum atomic E-state index is -0.849.